The lowest BCUT2D eigenvalue weighted by Gasteiger charge is -2.20. The van der Waals surface area contributed by atoms with Gasteiger partial charge < -0.3 is 20.3 Å². The summed E-state index contributed by atoms with van der Waals surface area (Å²) >= 11 is 0. The predicted octanol–water partition coefficient (Wildman–Crippen LogP) is 4.14. The summed E-state index contributed by atoms with van der Waals surface area (Å²) in [7, 11) is 3.90. The number of hydrogen-bond donors (Lipinski definition) is 2. The number of likely N-dealkylation sites (N-methyl/N-ethyl adjacent to an activating group) is 1. The third-order valence-corrected chi connectivity index (χ3v) is 5.80. The third kappa shape index (κ3) is 3.92. The third-order valence-electron chi connectivity index (χ3n) is 5.80. The molecule has 1 aromatic carbocycles. The van der Waals surface area contributed by atoms with Crippen molar-refractivity contribution >= 4 is 23.0 Å². The highest BCUT2D eigenvalue weighted by molar-refractivity contribution is 5.78. The smallest absolute Gasteiger partial charge is 0.229 e. The van der Waals surface area contributed by atoms with Gasteiger partial charge in [0, 0.05) is 43.4 Å². The van der Waals surface area contributed by atoms with E-state index in [2.05, 4.69) is 45.5 Å². The minimum atomic E-state index is -0.301. The molecule has 29 heavy (non-hydrogen) atoms. The Morgan fingerprint density at radius 2 is 2.07 bits per heavy atom. The average Bonchev–Trinajstić information content (AvgIpc) is 3.09. The summed E-state index contributed by atoms with van der Waals surface area (Å²) in [4.78, 5) is 11.1. The minimum absolute atomic E-state index is 0.301. The van der Waals surface area contributed by atoms with Crippen LogP contribution in [0.5, 0.6) is 5.75 Å². The second-order valence-electron chi connectivity index (χ2n) is 7.85. The van der Waals surface area contributed by atoms with Gasteiger partial charge in [-0.25, -0.2) is 9.37 Å². The number of aryl methyl sites for hydroxylation is 1. The maximum atomic E-state index is 15.7. The van der Waals surface area contributed by atoms with Crippen molar-refractivity contribution in [3.05, 3.63) is 40.8 Å². The maximum absolute atomic E-state index is 15.7. The highest BCUT2D eigenvalue weighted by Crippen LogP contribution is 2.42. The number of rotatable bonds is 4. The van der Waals surface area contributed by atoms with Crippen LogP contribution < -0.4 is 15.4 Å². The van der Waals surface area contributed by atoms with Crippen LogP contribution in [0.4, 0.5) is 21.8 Å². The molecule has 154 valence electrons. The molecule has 7 heteroatoms. The molecule has 2 aliphatic heterocycles. The lowest BCUT2D eigenvalue weighted by atomic mass is 9.95. The number of halogens is 1. The van der Waals surface area contributed by atoms with Gasteiger partial charge in [0.05, 0.1) is 17.9 Å². The molecule has 1 atom stereocenters. The summed E-state index contributed by atoms with van der Waals surface area (Å²) < 4.78 is 21.6. The van der Waals surface area contributed by atoms with Crippen LogP contribution >= 0.6 is 0 Å². The lowest BCUT2D eigenvalue weighted by Crippen LogP contribution is -2.27. The van der Waals surface area contributed by atoms with Crippen molar-refractivity contribution < 1.29 is 9.13 Å². The molecule has 0 aliphatic carbocycles. The van der Waals surface area contributed by atoms with Crippen LogP contribution in [0.15, 0.2) is 18.2 Å². The Bertz CT molecular complexity index is 959. The first-order valence-electron chi connectivity index (χ1n) is 10.1. The van der Waals surface area contributed by atoms with Crippen LogP contribution in [-0.4, -0.2) is 48.2 Å². The summed E-state index contributed by atoms with van der Waals surface area (Å²) in [6.07, 6.45) is 4.72. The van der Waals surface area contributed by atoms with E-state index in [1.807, 2.05) is 19.1 Å². The number of allylic oxidation sites excluding steroid dienone is 1. The molecular weight excluding hydrogens is 369 g/mol. The highest BCUT2D eigenvalue weighted by atomic mass is 19.1. The molecule has 0 fully saturated rings. The quantitative estimate of drug-likeness (QED) is 0.809. The lowest BCUT2D eigenvalue weighted by molar-refractivity contribution is 0.279. The van der Waals surface area contributed by atoms with Crippen molar-refractivity contribution in [2.75, 3.05) is 37.9 Å². The Hall–Kier alpha value is -2.67. The number of ether oxygens (including phenoxy) is 1. The molecule has 1 unspecified atom stereocenters. The number of anilines is 3. The zero-order chi connectivity index (χ0) is 20.5. The van der Waals surface area contributed by atoms with E-state index in [1.165, 1.54) is 0 Å². The second kappa shape index (κ2) is 7.99. The van der Waals surface area contributed by atoms with Crippen molar-refractivity contribution in [2.24, 2.45) is 0 Å². The molecule has 0 amide bonds. The van der Waals surface area contributed by atoms with Gasteiger partial charge in [0.25, 0.3) is 0 Å². The first kappa shape index (κ1) is 19.6. The molecule has 0 bridgehead atoms. The number of nitrogens with one attached hydrogen (secondary N) is 2. The average molecular weight is 397 g/mol. The first-order chi connectivity index (χ1) is 14.0. The van der Waals surface area contributed by atoms with Gasteiger partial charge in [-0.15, -0.1) is 0 Å². The maximum Gasteiger partial charge on any atom is 0.229 e. The fourth-order valence-electron chi connectivity index (χ4n) is 3.91. The number of nitrogens with zero attached hydrogens (tertiary/aromatic N) is 3. The Balaban J connectivity index is 1.76. The van der Waals surface area contributed by atoms with E-state index in [9.17, 15) is 0 Å². The Kier molecular flexibility index (Phi) is 5.41. The van der Waals surface area contributed by atoms with E-state index in [-0.39, 0.29) is 5.82 Å². The first-order valence-corrected chi connectivity index (χ1v) is 10.1. The van der Waals surface area contributed by atoms with Gasteiger partial charge in [0.15, 0.2) is 5.82 Å². The Morgan fingerprint density at radius 3 is 2.86 bits per heavy atom. The van der Waals surface area contributed by atoms with Crippen molar-refractivity contribution in [2.45, 2.75) is 39.2 Å². The molecule has 0 spiro atoms. The predicted molar refractivity (Wildman–Crippen MR) is 115 cm³/mol. The molecule has 0 radical (unpaired) electrons. The molecule has 3 heterocycles. The van der Waals surface area contributed by atoms with E-state index in [1.54, 1.807) is 7.05 Å². The summed E-state index contributed by atoms with van der Waals surface area (Å²) in [6, 6.07) is 4.14. The fourth-order valence-corrected chi connectivity index (χ4v) is 3.91. The number of fused-ring (bicyclic) bond motifs is 1. The number of aromatic nitrogens is 2. The molecular formula is C22H28FN5O. The molecule has 0 saturated heterocycles. The summed E-state index contributed by atoms with van der Waals surface area (Å²) in [6.45, 7) is 5.48. The van der Waals surface area contributed by atoms with Gasteiger partial charge in [0.1, 0.15) is 11.6 Å². The van der Waals surface area contributed by atoms with E-state index >= 15 is 4.39 Å². The standard InChI is InChI=1S/C22H28FN5O/c1-13-11-18(24-3)27-22(25-13)26-17-12-16-8-10-29-21(16)19(20(17)23)15-6-5-14(2)28(4)9-7-15/h7,11-12,14H,5-6,8-10H2,1-4H3,(H2,24,25,26,27). The van der Waals surface area contributed by atoms with Crippen molar-refractivity contribution in [1.82, 2.24) is 14.9 Å². The highest BCUT2D eigenvalue weighted by Gasteiger charge is 2.27. The summed E-state index contributed by atoms with van der Waals surface area (Å²) in [5, 5.41) is 6.11. The molecule has 0 saturated carbocycles. The topological polar surface area (TPSA) is 62.3 Å². The monoisotopic (exact) mass is 397 g/mol. The SMILES string of the molecule is CNc1cc(C)nc(Nc2cc3c(c(C4=CCN(C)C(C)CC4)c2F)OCC3)n1. The fraction of sp³-hybridized carbons (Fsp3) is 0.455. The molecule has 1 aromatic heterocycles. The van der Waals surface area contributed by atoms with Crippen LogP contribution in [0.25, 0.3) is 5.57 Å². The van der Waals surface area contributed by atoms with E-state index in [0.29, 0.717) is 41.4 Å². The van der Waals surface area contributed by atoms with Gasteiger partial charge in [-0.05, 0) is 45.4 Å². The van der Waals surface area contributed by atoms with Crippen LogP contribution in [0, 0.1) is 12.7 Å². The van der Waals surface area contributed by atoms with E-state index in [0.717, 1.165) is 42.6 Å². The number of benzene rings is 1. The van der Waals surface area contributed by atoms with E-state index in [4.69, 9.17) is 4.74 Å². The number of hydrogen-bond acceptors (Lipinski definition) is 6. The van der Waals surface area contributed by atoms with E-state index < -0.39 is 0 Å². The van der Waals surface area contributed by atoms with Crippen molar-refractivity contribution in [3.63, 3.8) is 0 Å². The summed E-state index contributed by atoms with van der Waals surface area (Å²) in [5.41, 5.74) is 3.83. The molecule has 6 nitrogen and oxygen atoms in total. The zero-order valence-corrected chi connectivity index (χ0v) is 17.5. The second-order valence-corrected chi connectivity index (χ2v) is 7.85. The van der Waals surface area contributed by atoms with Crippen molar-refractivity contribution in [3.8, 4) is 5.75 Å². The minimum Gasteiger partial charge on any atom is -0.492 e. The Morgan fingerprint density at radius 1 is 1.24 bits per heavy atom. The Labute approximate surface area is 171 Å². The van der Waals surface area contributed by atoms with Crippen LogP contribution in [-0.2, 0) is 6.42 Å². The van der Waals surface area contributed by atoms with Gasteiger partial charge in [0.2, 0.25) is 5.95 Å². The van der Waals surface area contributed by atoms with Crippen LogP contribution in [0.3, 0.4) is 0 Å². The van der Waals surface area contributed by atoms with Gasteiger partial charge in [-0.3, -0.25) is 0 Å². The normalized spacial score (nSPS) is 19.2. The summed E-state index contributed by atoms with van der Waals surface area (Å²) in [5.74, 6) is 1.46. The van der Waals surface area contributed by atoms with Crippen LogP contribution in [0.2, 0.25) is 0 Å². The van der Waals surface area contributed by atoms with Gasteiger partial charge in [-0.1, -0.05) is 6.08 Å². The largest absolute Gasteiger partial charge is 0.492 e. The molecule has 2 aromatic rings. The molecule has 4 rings (SSSR count). The van der Waals surface area contributed by atoms with Gasteiger partial charge in [-0.2, -0.15) is 4.98 Å². The van der Waals surface area contributed by atoms with Crippen LogP contribution in [0.1, 0.15) is 36.6 Å². The zero-order valence-electron chi connectivity index (χ0n) is 17.5. The molecule has 2 N–H and O–H groups in total. The van der Waals surface area contributed by atoms with Gasteiger partial charge >= 0.3 is 0 Å². The molecule has 2 aliphatic rings. The van der Waals surface area contributed by atoms with Crippen molar-refractivity contribution in [1.29, 1.82) is 0 Å².